The predicted octanol–water partition coefficient (Wildman–Crippen LogP) is 2.39. The van der Waals surface area contributed by atoms with Gasteiger partial charge < -0.3 is 14.6 Å². The van der Waals surface area contributed by atoms with Crippen LogP contribution in [-0.2, 0) is 19.1 Å². The summed E-state index contributed by atoms with van der Waals surface area (Å²) in [6.07, 6.45) is 9.10. The summed E-state index contributed by atoms with van der Waals surface area (Å²) >= 11 is 0. The van der Waals surface area contributed by atoms with E-state index in [4.69, 9.17) is 9.47 Å². The molecular formula is C22H28O5. The molecule has 27 heavy (non-hydrogen) atoms. The topological polar surface area (TPSA) is 72.8 Å². The van der Waals surface area contributed by atoms with Crippen LogP contribution in [0, 0.1) is 35.0 Å². The van der Waals surface area contributed by atoms with Crippen molar-refractivity contribution in [1.29, 1.82) is 0 Å². The molecule has 0 amide bonds. The molecule has 1 N–H and O–H groups in total. The van der Waals surface area contributed by atoms with Crippen LogP contribution in [0.15, 0.2) is 0 Å². The summed E-state index contributed by atoms with van der Waals surface area (Å²) in [5.74, 6) is 2.26. The zero-order valence-electron chi connectivity index (χ0n) is 15.7. The van der Waals surface area contributed by atoms with Gasteiger partial charge in [0.1, 0.15) is 18.0 Å². The fourth-order valence-corrected chi connectivity index (χ4v) is 9.56. The van der Waals surface area contributed by atoms with Gasteiger partial charge in [-0.25, -0.2) is 4.79 Å². The second-order valence-corrected chi connectivity index (χ2v) is 11.4. The molecule has 8 fully saturated rings. The van der Waals surface area contributed by atoms with Crippen LogP contribution in [0.25, 0.3) is 0 Å². The minimum atomic E-state index is -0.559. The maximum Gasteiger partial charge on any atom is 0.332 e. The lowest BCUT2D eigenvalue weighted by Gasteiger charge is -2.57. The number of carbonyl (C=O) groups is 2. The molecule has 0 saturated heterocycles. The Morgan fingerprint density at radius 1 is 1.00 bits per heavy atom. The quantitative estimate of drug-likeness (QED) is 0.767. The number of aliphatic hydroxyl groups is 1. The van der Waals surface area contributed by atoms with Gasteiger partial charge in [0, 0.05) is 23.7 Å². The first-order valence-corrected chi connectivity index (χ1v) is 11.0. The Morgan fingerprint density at radius 2 is 1.74 bits per heavy atom. The molecule has 8 aliphatic rings. The number of ether oxygens (including phenoxy) is 2. The molecule has 5 nitrogen and oxygen atoms in total. The van der Waals surface area contributed by atoms with Crippen LogP contribution in [0.2, 0.25) is 0 Å². The molecule has 0 aliphatic heterocycles. The smallest absolute Gasteiger partial charge is 0.332 e. The zero-order valence-corrected chi connectivity index (χ0v) is 15.7. The molecule has 0 aromatic heterocycles. The fourth-order valence-electron chi connectivity index (χ4n) is 9.56. The van der Waals surface area contributed by atoms with Crippen molar-refractivity contribution in [1.82, 2.24) is 0 Å². The van der Waals surface area contributed by atoms with Gasteiger partial charge in [-0.05, 0) is 75.5 Å². The average molecular weight is 372 g/mol. The van der Waals surface area contributed by atoms with Crippen LogP contribution < -0.4 is 0 Å². The van der Waals surface area contributed by atoms with E-state index in [0.29, 0.717) is 30.0 Å². The Kier molecular flexibility index (Phi) is 2.63. The van der Waals surface area contributed by atoms with Crippen LogP contribution in [0.4, 0.5) is 0 Å². The Labute approximate surface area is 159 Å². The molecular weight excluding hydrogens is 344 g/mol. The van der Waals surface area contributed by atoms with Gasteiger partial charge in [-0.3, -0.25) is 4.79 Å². The molecule has 0 radical (unpaired) electrons. The van der Waals surface area contributed by atoms with Crippen molar-refractivity contribution in [3.63, 3.8) is 0 Å². The Balaban J connectivity index is 1.06. The summed E-state index contributed by atoms with van der Waals surface area (Å²) in [5.41, 5.74) is -1.15. The molecule has 0 aromatic carbocycles. The number of carbonyl (C=O) groups excluding carboxylic acids is 2. The number of ketones is 1. The highest BCUT2D eigenvalue weighted by atomic mass is 16.6. The van der Waals surface area contributed by atoms with Crippen LogP contribution in [0.1, 0.15) is 64.2 Å². The summed E-state index contributed by atoms with van der Waals surface area (Å²) in [7, 11) is 0. The van der Waals surface area contributed by atoms with Crippen molar-refractivity contribution in [2.24, 2.45) is 35.0 Å². The summed E-state index contributed by atoms with van der Waals surface area (Å²) in [5, 5.41) is 10.7. The van der Waals surface area contributed by atoms with Gasteiger partial charge in [-0.1, -0.05) is 0 Å². The van der Waals surface area contributed by atoms with E-state index in [1.54, 1.807) is 0 Å². The number of Topliss-reactive ketones (excluding diaryl/α,β-unsaturated/α-hetero) is 1. The SMILES string of the molecule is O=C(COC12CC3CC(O)(CC3C1)C2)OC12CC3CC14C[C@H](CC4C2)C3=O. The molecule has 8 aliphatic carbocycles. The molecule has 0 heterocycles. The summed E-state index contributed by atoms with van der Waals surface area (Å²) in [4.78, 5) is 25.3. The molecule has 7 atom stereocenters. The zero-order chi connectivity index (χ0) is 18.2. The lowest BCUT2D eigenvalue weighted by Crippen LogP contribution is -2.60. The Bertz CT molecular complexity index is 757. The monoisotopic (exact) mass is 372 g/mol. The average Bonchev–Trinajstić information content (AvgIpc) is 3.17. The van der Waals surface area contributed by atoms with Crippen molar-refractivity contribution >= 4 is 11.8 Å². The van der Waals surface area contributed by atoms with Crippen LogP contribution in [0.3, 0.4) is 0 Å². The second kappa shape index (κ2) is 4.46. The molecule has 8 rings (SSSR count). The van der Waals surface area contributed by atoms with Gasteiger partial charge in [-0.2, -0.15) is 0 Å². The normalized spacial score (nSPS) is 60.8. The highest BCUT2D eigenvalue weighted by molar-refractivity contribution is 5.87. The third-order valence-corrected chi connectivity index (χ3v) is 10.1. The minimum absolute atomic E-state index is 0.0000579. The number of hydrogen-bond donors (Lipinski definition) is 1. The number of hydrogen-bond acceptors (Lipinski definition) is 5. The molecule has 146 valence electrons. The third kappa shape index (κ3) is 1.76. The molecule has 0 aromatic rings. The highest BCUT2D eigenvalue weighted by Gasteiger charge is 2.78. The molecule has 1 spiro atoms. The van der Waals surface area contributed by atoms with E-state index in [9.17, 15) is 14.7 Å². The lowest BCUT2D eigenvalue weighted by molar-refractivity contribution is -0.224. The first-order chi connectivity index (χ1) is 12.8. The van der Waals surface area contributed by atoms with Gasteiger partial charge in [-0.15, -0.1) is 0 Å². The highest BCUT2D eigenvalue weighted by Crippen LogP contribution is 2.77. The number of fused-ring (bicyclic) bond motifs is 2. The number of esters is 1. The van der Waals surface area contributed by atoms with Crippen molar-refractivity contribution in [3.05, 3.63) is 0 Å². The third-order valence-electron chi connectivity index (χ3n) is 10.1. The Morgan fingerprint density at radius 3 is 2.48 bits per heavy atom. The molecule has 7 bridgehead atoms. The van der Waals surface area contributed by atoms with Crippen molar-refractivity contribution in [2.75, 3.05) is 6.61 Å². The van der Waals surface area contributed by atoms with E-state index in [1.807, 2.05) is 0 Å². The first kappa shape index (κ1) is 15.9. The molecule has 5 heteroatoms. The van der Waals surface area contributed by atoms with Crippen LogP contribution in [0.5, 0.6) is 0 Å². The van der Waals surface area contributed by atoms with E-state index in [2.05, 4.69) is 0 Å². The van der Waals surface area contributed by atoms with Crippen molar-refractivity contribution in [3.8, 4) is 0 Å². The fraction of sp³-hybridized carbons (Fsp3) is 0.909. The van der Waals surface area contributed by atoms with Crippen molar-refractivity contribution in [2.45, 2.75) is 81.0 Å². The lowest BCUT2D eigenvalue weighted by atomic mass is 9.52. The second-order valence-electron chi connectivity index (χ2n) is 11.4. The first-order valence-electron chi connectivity index (χ1n) is 11.0. The minimum Gasteiger partial charge on any atom is -0.457 e. The maximum absolute atomic E-state index is 12.8. The summed E-state index contributed by atoms with van der Waals surface area (Å²) < 4.78 is 12.3. The molecule has 8 saturated carbocycles. The summed E-state index contributed by atoms with van der Waals surface area (Å²) in [6.45, 7) is 0.0000579. The maximum atomic E-state index is 12.8. The largest absolute Gasteiger partial charge is 0.457 e. The van der Waals surface area contributed by atoms with Crippen LogP contribution >= 0.6 is 0 Å². The van der Waals surface area contributed by atoms with Gasteiger partial charge in [0.2, 0.25) is 0 Å². The predicted molar refractivity (Wildman–Crippen MR) is 93.5 cm³/mol. The van der Waals surface area contributed by atoms with Crippen molar-refractivity contribution < 1.29 is 24.2 Å². The van der Waals surface area contributed by atoms with Gasteiger partial charge in [0.25, 0.3) is 0 Å². The number of rotatable bonds is 4. The van der Waals surface area contributed by atoms with Gasteiger partial charge in [0.15, 0.2) is 0 Å². The van der Waals surface area contributed by atoms with E-state index in [-0.39, 0.29) is 41.0 Å². The van der Waals surface area contributed by atoms with E-state index in [0.717, 1.165) is 57.8 Å². The van der Waals surface area contributed by atoms with E-state index < -0.39 is 5.60 Å². The van der Waals surface area contributed by atoms with Gasteiger partial charge in [0.05, 0.1) is 11.2 Å². The standard InChI is InChI=1S/C22H28O5/c23-17(10-26-20-4-13-2-19(25,11-20)3-14(13)5-20)27-22-8-15-7-21(22)6-12(18(15)24)1-16(21)9-22/h12-16,25H,1-11H2/t12-,13?,14?,15?,16?,19?,20?,21?,22?/m0/s1. The summed E-state index contributed by atoms with van der Waals surface area (Å²) in [6, 6.07) is 0. The Hall–Kier alpha value is -0.940. The van der Waals surface area contributed by atoms with Gasteiger partial charge >= 0.3 is 5.97 Å². The van der Waals surface area contributed by atoms with Crippen LogP contribution in [-0.4, -0.2) is 40.3 Å². The van der Waals surface area contributed by atoms with E-state index in [1.165, 1.54) is 0 Å². The molecule has 6 unspecified atom stereocenters. The van der Waals surface area contributed by atoms with E-state index >= 15 is 0 Å².